The van der Waals surface area contributed by atoms with Crippen LogP contribution in [0.25, 0.3) is 11.1 Å². The highest BCUT2D eigenvalue weighted by molar-refractivity contribution is 7.84. The predicted molar refractivity (Wildman–Crippen MR) is 70.0 cm³/mol. The number of oxazole rings is 1. The number of hydrogen-bond acceptors (Lipinski definition) is 4. The first kappa shape index (κ1) is 12.1. The fourth-order valence-corrected chi connectivity index (χ4v) is 2.91. The van der Waals surface area contributed by atoms with Crippen LogP contribution in [-0.4, -0.2) is 14.9 Å². The number of nitrogen functional groups attached to an aromatic ring is 1. The number of nitrogens with two attached hydrogens (primary N) is 1. The van der Waals surface area contributed by atoms with Gasteiger partial charge in [-0.05, 0) is 18.1 Å². The standard InChI is InChI=1S/C12H16N2O2S/c1-8(2)6-17(15)7-11-14-12-9(13)4-3-5-10(12)16-11/h3-5,8H,6-7,13H2,1-2H3. The lowest BCUT2D eigenvalue weighted by Crippen LogP contribution is -2.06. The first-order chi connectivity index (χ1) is 8.06. The van der Waals surface area contributed by atoms with Gasteiger partial charge in [-0.3, -0.25) is 4.21 Å². The van der Waals surface area contributed by atoms with Crippen LogP contribution >= 0.6 is 0 Å². The molecule has 17 heavy (non-hydrogen) atoms. The summed E-state index contributed by atoms with van der Waals surface area (Å²) in [7, 11) is -0.931. The van der Waals surface area contributed by atoms with E-state index < -0.39 is 10.8 Å². The van der Waals surface area contributed by atoms with Crippen molar-refractivity contribution >= 4 is 27.6 Å². The Balaban J connectivity index is 2.20. The third-order valence-corrected chi connectivity index (χ3v) is 3.91. The molecule has 2 aromatic rings. The molecule has 0 amide bonds. The summed E-state index contributed by atoms with van der Waals surface area (Å²) in [6.07, 6.45) is 0. The van der Waals surface area contributed by atoms with E-state index in [4.69, 9.17) is 10.2 Å². The van der Waals surface area contributed by atoms with Gasteiger partial charge < -0.3 is 10.2 Å². The average Bonchev–Trinajstić information content (AvgIpc) is 2.60. The minimum Gasteiger partial charge on any atom is -0.440 e. The Bertz CT molecular complexity index is 548. The van der Waals surface area contributed by atoms with E-state index in [1.165, 1.54) is 0 Å². The van der Waals surface area contributed by atoms with Crippen LogP contribution in [-0.2, 0) is 16.6 Å². The zero-order valence-corrected chi connectivity index (χ0v) is 10.8. The molecule has 2 N–H and O–H groups in total. The number of anilines is 1. The van der Waals surface area contributed by atoms with Crippen LogP contribution in [0, 0.1) is 5.92 Å². The highest BCUT2D eigenvalue weighted by Gasteiger charge is 2.12. The van der Waals surface area contributed by atoms with E-state index in [0.29, 0.717) is 40.1 Å². The van der Waals surface area contributed by atoms with E-state index >= 15 is 0 Å². The predicted octanol–water partition coefficient (Wildman–Crippen LogP) is 2.31. The second-order valence-electron chi connectivity index (χ2n) is 4.45. The summed E-state index contributed by atoms with van der Waals surface area (Å²) in [6, 6.07) is 5.41. The molecule has 0 bridgehead atoms. The lowest BCUT2D eigenvalue weighted by Gasteiger charge is -2.01. The van der Waals surface area contributed by atoms with Crippen LogP contribution in [0.1, 0.15) is 19.7 Å². The van der Waals surface area contributed by atoms with Gasteiger partial charge in [0, 0.05) is 16.6 Å². The Labute approximate surface area is 103 Å². The van der Waals surface area contributed by atoms with Gasteiger partial charge in [0.1, 0.15) is 11.3 Å². The second-order valence-corrected chi connectivity index (χ2v) is 5.95. The molecule has 5 heteroatoms. The normalized spacial score (nSPS) is 13.4. The summed E-state index contributed by atoms with van der Waals surface area (Å²) in [5.41, 5.74) is 7.68. The van der Waals surface area contributed by atoms with Crippen LogP contribution in [0.5, 0.6) is 0 Å². The van der Waals surface area contributed by atoms with Gasteiger partial charge in [0.15, 0.2) is 5.58 Å². The zero-order chi connectivity index (χ0) is 12.4. The summed E-state index contributed by atoms with van der Waals surface area (Å²) < 4.78 is 17.3. The molecule has 1 unspecified atom stereocenters. The molecule has 1 heterocycles. The molecule has 0 aliphatic carbocycles. The second kappa shape index (κ2) is 4.87. The quantitative estimate of drug-likeness (QED) is 0.848. The Morgan fingerprint density at radius 1 is 1.47 bits per heavy atom. The van der Waals surface area contributed by atoms with Gasteiger partial charge in [0.2, 0.25) is 5.89 Å². The lowest BCUT2D eigenvalue weighted by atomic mass is 10.3. The van der Waals surface area contributed by atoms with Crippen LogP contribution in [0.2, 0.25) is 0 Å². The summed E-state index contributed by atoms with van der Waals surface area (Å²) >= 11 is 0. The number of aromatic nitrogens is 1. The van der Waals surface area contributed by atoms with Gasteiger partial charge in [0.05, 0.1) is 5.69 Å². The Hall–Kier alpha value is -1.36. The molecule has 4 nitrogen and oxygen atoms in total. The monoisotopic (exact) mass is 252 g/mol. The third-order valence-electron chi connectivity index (χ3n) is 2.30. The molecule has 0 spiro atoms. The van der Waals surface area contributed by atoms with Crippen LogP contribution in [0.3, 0.4) is 0 Å². The molecule has 92 valence electrons. The largest absolute Gasteiger partial charge is 0.440 e. The molecule has 0 aliphatic rings. The summed E-state index contributed by atoms with van der Waals surface area (Å²) in [4.78, 5) is 4.27. The zero-order valence-electron chi connectivity index (χ0n) is 9.97. The van der Waals surface area contributed by atoms with Gasteiger partial charge >= 0.3 is 0 Å². The first-order valence-corrected chi connectivity index (χ1v) is 7.04. The molecular formula is C12H16N2O2S. The smallest absolute Gasteiger partial charge is 0.208 e. The molecule has 0 fully saturated rings. The van der Waals surface area contributed by atoms with Gasteiger partial charge in [-0.1, -0.05) is 19.9 Å². The maximum absolute atomic E-state index is 11.8. The van der Waals surface area contributed by atoms with Crippen molar-refractivity contribution in [2.75, 3.05) is 11.5 Å². The van der Waals surface area contributed by atoms with Crippen molar-refractivity contribution in [3.8, 4) is 0 Å². The molecule has 1 atom stereocenters. The summed E-state index contributed by atoms with van der Waals surface area (Å²) in [5.74, 6) is 1.92. The number of rotatable bonds is 4. The summed E-state index contributed by atoms with van der Waals surface area (Å²) in [5, 5.41) is 0. The molecule has 0 radical (unpaired) electrons. The number of hydrogen-bond donors (Lipinski definition) is 1. The Kier molecular flexibility index (Phi) is 3.47. The maximum Gasteiger partial charge on any atom is 0.208 e. The molecule has 0 aliphatic heterocycles. The molecule has 1 aromatic heterocycles. The highest BCUT2D eigenvalue weighted by Crippen LogP contribution is 2.21. The maximum atomic E-state index is 11.8. The summed E-state index contributed by atoms with van der Waals surface area (Å²) in [6.45, 7) is 4.09. The fraction of sp³-hybridized carbons (Fsp3) is 0.417. The first-order valence-electron chi connectivity index (χ1n) is 5.55. The van der Waals surface area contributed by atoms with Gasteiger partial charge in [0.25, 0.3) is 0 Å². The van der Waals surface area contributed by atoms with Crippen molar-refractivity contribution in [3.63, 3.8) is 0 Å². The minimum atomic E-state index is -0.931. The van der Waals surface area contributed by atoms with Crippen molar-refractivity contribution in [3.05, 3.63) is 24.1 Å². The van der Waals surface area contributed by atoms with Crippen molar-refractivity contribution < 1.29 is 8.63 Å². The van der Waals surface area contributed by atoms with E-state index in [2.05, 4.69) is 4.98 Å². The topological polar surface area (TPSA) is 69.1 Å². The molecule has 1 aromatic carbocycles. The van der Waals surface area contributed by atoms with Gasteiger partial charge in [-0.15, -0.1) is 0 Å². The molecular weight excluding hydrogens is 236 g/mol. The number of fused-ring (bicyclic) bond motifs is 1. The van der Waals surface area contributed by atoms with Gasteiger partial charge in [-0.2, -0.15) is 0 Å². The molecule has 0 saturated heterocycles. The number of benzene rings is 1. The fourth-order valence-electron chi connectivity index (χ4n) is 1.65. The molecule has 2 rings (SSSR count). The van der Waals surface area contributed by atoms with Crippen molar-refractivity contribution in [2.45, 2.75) is 19.6 Å². The number of nitrogens with zero attached hydrogens (tertiary/aromatic N) is 1. The van der Waals surface area contributed by atoms with E-state index in [1.54, 1.807) is 6.07 Å². The van der Waals surface area contributed by atoms with Gasteiger partial charge in [-0.25, -0.2) is 4.98 Å². The van der Waals surface area contributed by atoms with E-state index in [0.717, 1.165) is 0 Å². The van der Waals surface area contributed by atoms with Crippen molar-refractivity contribution in [1.82, 2.24) is 4.98 Å². The van der Waals surface area contributed by atoms with Crippen LogP contribution < -0.4 is 5.73 Å². The SMILES string of the molecule is CC(C)CS(=O)Cc1nc2c(N)cccc2o1. The lowest BCUT2D eigenvalue weighted by molar-refractivity contribution is 0.551. The van der Waals surface area contributed by atoms with Crippen molar-refractivity contribution in [1.29, 1.82) is 0 Å². The van der Waals surface area contributed by atoms with E-state index in [1.807, 2.05) is 26.0 Å². The minimum absolute atomic E-state index is 0.353. The Morgan fingerprint density at radius 2 is 2.24 bits per heavy atom. The third kappa shape index (κ3) is 2.85. The molecule has 0 saturated carbocycles. The highest BCUT2D eigenvalue weighted by atomic mass is 32.2. The van der Waals surface area contributed by atoms with E-state index in [-0.39, 0.29) is 0 Å². The van der Waals surface area contributed by atoms with Crippen LogP contribution in [0.15, 0.2) is 22.6 Å². The van der Waals surface area contributed by atoms with Crippen LogP contribution in [0.4, 0.5) is 5.69 Å². The Morgan fingerprint density at radius 3 is 2.88 bits per heavy atom. The average molecular weight is 252 g/mol. The van der Waals surface area contributed by atoms with Crippen molar-refractivity contribution in [2.24, 2.45) is 5.92 Å². The number of para-hydroxylation sites is 1. The van der Waals surface area contributed by atoms with E-state index in [9.17, 15) is 4.21 Å².